The average Bonchev–Trinajstić information content (AvgIpc) is 3.35. The number of anilines is 3. The number of carbonyl (C=O) groups excluding carboxylic acids is 1. The van der Waals surface area contributed by atoms with E-state index < -0.39 is 0 Å². The van der Waals surface area contributed by atoms with E-state index in [9.17, 15) is 4.79 Å². The Morgan fingerprint density at radius 2 is 1.46 bits per heavy atom. The standard InChI is InChI=1S/C59H72N8O3/c1-40(2)55(68)70-39-15-13-11-9-8-10-12-14-38-69-44-28-26-43(27-29-44)65-67-48-31-33-52-54-46(48)19-17-21-50(54)61-59(63-52)36-34-58(35-37-59)60-49-20-16-18-45-47(30-32-51(62-58)53(45)49)66-64-42-24-22-41(23-25-42)57(6,7)56(3,4)5/h16-18,20-33,46,60-62,65H,1,8-15,19,34-39H2,2-7H3. The molecule has 0 aromatic heterocycles. The molecule has 5 aliphatic rings. The van der Waals surface area contributed by atoms with Crippen molar-refractivity contribution in [3.8, 4) is 5.75 Å². The van der Waals surface area contributed by atoms with E-state index in [0.29, 0.717) is 18.8 Å². The quantitative estimate of drug-likeness (QED) is 0.0257. The molecule has 4 aromatic rings. The van der Waals surface area contributed by atoms with E-state index in [4.69, 9.17) is 24.7 Å². The number of benzene rings is 4. The molecule has 9 rings (SSSR count). The Kier molecular flexibility index (Phi) is 14.2. The fraction of sp³-hybridized carbons (Fsp3) is 0.441. The normalized spacial score (nSPS) is 21.9. The second-order valence-corrected chi connectivity index (χ2v) is 21.6. The molecule has 0 amide bonds. The van der Waals surface area contributed by atoms with Crippen molar-refractivity contribution in [2.45, 2.75) is 142 Å². The minimum absolute atomic E-state index is 0.0313. The number of ether oxygens (including phenoxy) is 2. The third-order valence-corrected chi connectivity index (χ3v) is 15.5. The van der Waals surface area contributed by atoms with Crippen molar-refractivity contribution in [2.75, 3.05) is 29.3 Å². The summed E-state index contributed by atoms with van der Waals surface area (Å²) >= 11 is 0. The van der Waals surface area contributed by atoms with E-state index in [2.05, 4.69) is 147 Å². The maximum absolute atomic E-state index is 11.4. The summed E-state index contributed by atoms with van der Waals surface area (Å²) in [4.78, 5) is 16.9. The van der Waals surface area contributed by atoms with Crippen molar-refractivity contribution in [1.82, 2.24) is 5.32 Å². The number of nitrogens with one attached hydrogen (secondary N) is 4. The van der Waals surface area contributed by atoms with E-state index in [1.807, 2.05) is 24.3 Å². The smallest absolute Gasteiger partial charge is 0.333 e. The average molecular weight is 941 g/mol. The highest BCUT2D eigenvalue weighted by Gasteiger charge is 2.48. The van der Waals surface area contributed by atoms with E-state index >= 15 is 0 Å². The van der Waals surface area contributed by atoms with Crippen LogP contribution in [0.3, 0.4) is 0 Å². The molecule has 0 bridgehead atoms. The van der Waals surface area contributed by atoms with Crippen LogP contribution < -0.4 is 26.1 Å². The van der Waals surface area contributed by atoms with Crippen LogP contribution in [0.25, 0.3) is 10.8 Å². The van der Waals surface area contributed by atoms with E-state index in [1.54, 1.807) is 6.92 Å². The number of rotatable bonds is 18. The zero-order chi connectivity index (χ0) is 48.9. The third-order valence-electron chi connectivity index (χ3n) is 15.5. The van der Waals surface area contributed by atoms with Crippen molar-refractivity contribution in [3.05, 3.63) is 132 Å². The monoisotopic (exact) mass is 941 g/mol. The summed E-state index contributed by atoms with van der Waals surface area (Å²) in [7, 11) is 0. The van der Waals surface area contributed by atoms with Crippen LogP contribution in [0.4, 0.5) is 28.4 Å². The zero-order valence-corrected chi connectivity index (χ0v) is 42.2. The first kappa shape index (κ1) is 48.5. The number of hydrogen-bond acceptors (Lipinski definition) is 11. The van der Waals surface area contributed by atoms with Crippen molar-refractivity contribution in [2.24, 2.45) is 31.7 Å². The fourth-order valence-electron chi connectivity index (χ4n) is 10.3. The molecule has 70 heavy (non-hydrogen) atoms. The molecule has 1 fully saturated rings. The summed E-state index contributed by atoms with van der Waals surface area (Å²) in [6.07, 6.45) is 22.3. The summed E-state index contributed by atoms with van der Waals surface area (Å²) in [5, 5.41) is 28.5. The van der Waals surface area contributed by atoms with Gasteiger partial charge >= 0.3 is 5.97 Å². The summed E-state index contributed by atoms with van der Waals surface area (Å²) in [5.41, 5.74) is 13.9. The van der Waals surface area contributed by atoms with E-state index in [-0.39, 0.29) is 34.0 Å². The van der Waals surface area contributed by atoms with Gasteiger partial charge in [-0.15, -0.1) is 5.11 Å². The van der Waals surface area contributed by atoms with Gasteiger partial charge in [-0.25, -0.2) is 4.79 Å². The molecule has 2 aliphatic heterocycles. The van der Waals surface area contributed by atoms with Crippen LogP contribution >= 0.6 is 0 Å². The molecular weight excluding hydrogens is 869 g/mol. The number of carbonyl (C=O) groups is 1. The maximum atomic E-state index is 11.4. The molecule has 2 heterocycles. The number of nitrogens with zero attached hydrogens (tertiary/aromatic N) is 4. The SMILES string of the molecule is C=C(C)C(=O)OCCCCCCCCCCOc1ccc(NN=C2C=CC3=NC4(CCC5(CC4)Nc4cccc6c(N=Nc7ccc(C(C)(C)C(C)(C)C)cc7)ccc(c46)N5)NC4=C3C2CC=C4)cc1. The molecule has 1 saturated carbocycles. The van der Waals surface area contributed by atoms with Crippen LogP contribution in [0.1, 0.15) is 131 Å². The molecular formula is C59H72N8O3. The minimum atomic E-state index is -0.376. The minimum Gasteiger partial charge on any atom is -0.494 e. The van der Waals surface area contributed by atoms with Gasteiger partial charge in [-0.1, -0.05) is 110 Å². The fourth-order valence-corrected chi connectivity index (χ4v) is 10.3. The van der Waals surface area contributed by atoms with Crippen molar-refractivity contribution >= 4 is 56.6 Å². The van der Waals surface area contributed by atoms with Gasteiger partial charge in [-0.3, -0.25) is 10.4 Å². The first-order valence-electron chi connectivity index (χ1n) is 25.7. The second kappa shape index (κ2) is 20.5. The van der Waals surface area contributed by atoms with Crippen molar-refractivity contribution in [1.29, 1.82) is 0 Å². The van der Waals surface area contributed by atoms with Gasteiger partial charge in [-0.05, 0) is 141 Å². The summed E-state index contributed by atoms with van der Waals surface area (Å²) in [6.45, 7) is 18.0. The number of azo groups is 1. The van der Waals surface area contributed by atoms with Crippen LogP contribution in [-0.4, -0.2) is 41.9 Å². The lowest BCUT2D eigenvalue weighted by atomic mass is 9.65. The lowest BCUT2D eigenvalue weighted by Crippen LogP contribution is -2.58. The van der Waals surface area contributed by atoms with Crippen LogP contribution in [0.5, 0.6) is 5.75 Å². The molecule has 11 nitrogen and oxygen atoms in total. The molecule has 1 unspecified atom stereocenters. The molecule has 0 radical (unpaired) electrons. The molecule has 4 aromatic carbocycles. The van der Waals surface area contributed by atoms with Gasteiger partial charge in [0, 0.05) is 44.9 Å². The summed E-state index contributed by atoms with van der Waals surface area (Å²) in [6, 6.07) is 27.3. The first-order valence-corrected chi connectivity index (χ1v) is 25.7. The number of hydrazone groups is 1. The molecule has 11 heteroatoms. The van der Waals surface area contributed by atoms with Gasteiger partial charge < -0.3 is 25.4 Å². The molecule has 366 valence electrons. The highest BCUT2D eigenvalue weighted by Crippen LogP contribution is 2.49. The highest BCUT2D eigenvalue weighted by atomic mass is 16.5. The third kappa shape index (κ3) is 10.6. The summed E-state index contributed by atoms with van der Waals surface area (Å²) in [5.74, 6) is 0.711. The van der Waals surface area contributed by atoms with Crippen molar-refractivity contribution in [3.63, 3.8) is 0 Å². The molecule has 1 atom stereocenters. The number of unbranched alkanes of at least 4 members (excludes halogenated alkanes) is 7. The molecule has 3 aliphatic carbocycles. The topological polar surface area (TPSA) is 133 Å². The highest BCUT2D eigenvalue weighted by molar-refractivity contribution is 6.21. The van der Waals surface area contributed by atoms with E-state index in [1.165, 1.54) is 36.8 Å². The number of esters is 1. The largest absolute Gasteiger partial charge is 0.494 e. The lowest BCUT2D eigenvalue weighted by molar-refractivity contribution is -0.139. The van der Waals surface area contributed by atoms with Gasteiger partial charge in [0.1, 0.15) is 17.1 Å². The molecule has 4 N–H and O–H groups in total. The summed E-state index contributed by atoms with van der Waals surface area (Å²) < 4.78 is 11.2. The number of allylic oxidation sites excluding steroid dienone is 5. The van der Waals surface area contributed by atoms with Crippen LogP contribution in [0, 0.1) is 11.3 Å². The van der Waals surface area contributed by atoms with Gasteiger partial charge in [0.05, 0.1) is 41.7 Å². The van der Waals surface area contributed by atoms with Gasteiger partial charge in [-0.2, -0.15) is 10.2 Å². The predicted octanol–water partition coefficient (Wildman–Crippen LogP) is 14.9. The van der Waals surface area contributed by atoms with Crippen LogP contribution in [0.15, 0.2) is 147 Å². The zero-order valence-electron chi connectivity index (χ0n) is 42.2. The first-order chi connectivity index (χ1) is 33.7. The van der Waals surface area contributed by atoms with E-state index in [0.717, 1.165) is 120 Å². The molecule has 0 saturated heterocycles. The Hall–Kier alpha value is -6.49. The maximum Gasteiger partial charge on any atom is 0.333 e. The molecule has 2 spiro atoms. The Morgan fingerprint density at radius 1 is 0.771 bits per heavy atom. The number of aliphatic imine (C=N–C) groups is 1. The Morgan fingerprint density at radius 3 is 2.16 bits per heavy atom. The Balaban J connectivity index is 0.760. The van der Waals surface area contributed by atoms with Crippen LogP contribution in [0.2, 0.25) is 0 Å². The predicted molar refractivity (Wildman–Crippen MR) is 288 cm³/mol. The Labute approximate surface area is 415 Å². The Bertz CT molecular complexity index is 2750. The van der Waals surface area contributed by atoms with Crippen molar-refractivity contribution < 1.29 is 14.3 Å². The van der Waals surface area contributed by atoms with Gasteiger partial charge in [0.15, 0.2) is 0 Å². The van der Waals surface area contributed by atoms with Crippen LogP contribution in [-0.2, 0) is 14.9 Å². The second-order valence-electron chi connectivity index (χ2n) is 21.6. The lowest BCUT2D eigenvalue weighted by Gasteiger charge is -2.50. The van der Waals surface area contributed by atoms with Gasteiger partial charge in [0.25, 0.3) is 0 Å². The van der Waals surface area contributed by atoms with Gasteiger partial charge in [0.2, 0.25) is 0 Å². The number of hydrogen-bond donors (Lipinski definition) is 4.